The van der Waals surface area contributed by atoms with Crippen molar-refractivity contribution in [2.45, 2.75) is 25.7 Å². The first-order valence-corrected chi connectivity index (χ1v) is 6.06. The van der Waals surface area contributed by atoms with Crippen molar-refractivity contribution in [3.05, 3.63) is 34.9 Å². The number of hydrogen-bond donors (Lipinski definition) is 2. The summed E-state index contributed by atoms with van der Waals surface area (Å²) in [6.45, 7) is 1.88. The molecule has 0 fully saturated rings. The second-order valence-corrected chi connectivity index (χ2v) is 4.77. The van der Waals surface area contributed by atoms with Crippen molar-refractivity contribution in [1.82, 2.24) is 9.97 Å². The third-order valence-corrected chi connectivity index (χ3v) is 3.34. The van der Waals surface area contributed by atoms with E-state index in [0.717, 1.165) is 11.5 Å². The zero-order valence-corrected chi connectivity index (χ0v) is 10.5. The molecule has 0 saturated carbocycles. The van der Waals surface area contributed by atoms with Gasteiger partial charge in [-0.25, -0.2) is 4.98 Å². The maximum absolute atomic E-state index is 12.2. The van der Waals surface area contributed by atoms with Crippen molar-refractivity contribution in [3.63, 3.8) is 0 Å². The highest BCUT2D eigenvalue weighted by atomic mass is 16.3. The topological polar surface area (TPSA) is 108 Å². The Morgan fingerprint density at radius 3 is 2.74 bits per heavy atom. The van der Waals surface area contributed by atoms with Crippen LogP contribution < -0.4 is 11.5 Å². The van der Waals surface area contributed by atoms with Crippen molar-refractivity contribution >= 4 is 17.5 Å². The van der Waals surface area contributed by atoms with Gasteiger partial charge < -0.3 is 15.9 Å². The van der Waals surface area contributed by atoms with Crippen LogP contribution in [0.15, 0.2) is 16.5 Å². The molecule has 1 atom stereocenters. The van der Waals surface area contributed by atoms with Crippen LogP contribution in [0, 0.1) is 6.92 Å². The number of furan rings is 1. The largest absolute Gasteiger partial charge is 0.466 e. The van der Waals surface area contributed by atoms with Gasteiger partial charge in [-0.05, 0) is 19.1 Å². The molecular formula is C13H14N4O2. The van der Waals surface area contributed by atoms with E-state index in [1.54, 1.807) is 0 Å². The number of aromatic nitrogens is 2. The zero-order valence-electron chi connectivity index (χ0n) is 10.5. The van der Waals surface area contributed by atoms with Gasteiger partial charge in [0.15, 0.2) is 5.78 Å². The second kappa shape index (κ2) is 4.08. The van der Waals surface area contributed by atoms with E-state index in [1.807, 2.05) is 19.1 Å². The lowest BCUT2D eigenvalue weighted by molar-refractivity contribution is 0.0959. The van der Waals surface area contributed by atoms with Crippen molar-refractivity contribution < 1.29 is 9.21 Å². The van der Waals surface area contributed by atoms with Crippen LogP contribution in [-0.2, 0) is 6.42 Å². The van der Waals surface area contributed by atoms with E-state index < -0.39 is 0 Å². The van der Waals surface area contributed by atoms with E-state index in [9.17, 15) is 4.79 Å². The average Bonchev–Trinajstić information content (AvgIpc) is 2.74. The maximum Gasteiger partial charge on any atom is 0.222 e. The molecule has 0 radical (unpaired) electrons. The number of nitrogen functional groups attached to an aromatic ring is 2. The molecule has 0 spiro atoms. The van der Waals surface area contributed by atoms with Crippen LogP contribution in [0.1, 0.15) is 39.9 Å². The summed E-state index contributed by atoms with van der Waals surface area (Å²) in [5.74, 6) is 1.82. The fraction of sp³-hybridized carbons (Fsp3) is 0.308. The van der Waals surface area contributed by atoms with Gasteiger partial charge in [0.25, 0.3) is 0 Å². The predicted octanol–water partition coefficient (Wildman–Crippen LogP) is 1.46. The molecule has 0 amide bonds. The molecule has 0 bridgehead atoms. The lowest BCUT2D eigenvalue weighted by Crippen LogP contribution is -2.23. The Morgan fingerprint density at radius 2 is 2.05 bits per heavy atom. The second-order valence-electron chi connectivity index (χ2n) is 4.77. The number of fused-ring (bicyclic) bond motifs is 1. The Kier molecular flexibility index (Phi) is 2.51. The van der Waals surface area contributed by atoms with Gasteiger partial charge >= 0.3 is 0 Å². The molecule has 19 heavy (non-hydrogen) atoms. The molecule has 2 aromatic rings. The van der Waals surface area contributed by atoms with Crippen molar-refractivity contribution in [2.24, 2.45) is 0 Å². The number of carbonyl (C=O) groups is 1. The van der Waals surface area contributed by atoms with Crippen LogP contribution in [0.25, 0.3) is 0 Å². The summed E-state index contributed by atoms with van der Waals surface area (Å²) in [5.41, 5.74) is 12.3. The van der Waals surface area contributed by atoms with Crippen molar-refractivity contribution in [3.8, 4) is 0 Å². The summed E-state index contributed by atoms with van der Waals surface area (Å²) < 4.78 is 5.59. The number of hydrogen-bond acceptors (Lipinski definition) is 6. The fourth-order valence-corrected chi connectivity index (χ4v) is 2.50. The smallest absolute Gasteiger partial charge is 0.222 e. The van der Waals surface area contributed by atoms with Gasteiger partial charge in [-0.3, -0.25) is 4.79 Å². The van der Waals surface area contributed by atoms with Gasteiger partial charge in [-0.1, -0.05) is 0 Å². The molecule has 2 heterocycles. The van der Waals surface area contributed by atoms with E-state index in [1.165, 1.54) is 0 Å². The van der Waals surface area contributed by atoms with Crippen molar-refractivity contribution in [2.75, 3.05) is 11.5 Å². The standard InChI is InChI=1S/C13H14N4O2/c1-6-2-3-10(19-6)7-4-8-11(9(18)5-7)12(14)17-13(15)16-8/h2-3,7H,4-5H2,1H3,(H4,14,15,16,17)/t7-/m0/s1. The SMILES string of the molecule is Cc1ccc([C@@H]2CC(=O)c3c(N)nc(N)nc3C2)o1. The van der Waals surface area contributed by atoms with Gasteiger partial charge in [0, 0.05) is 18.8 Å². The van der Waals surface area contributed by atoms with Crippen LogP contribution in [0.5, 0.6) is 0 Å². The molecule has 1 aliphatic rings. The first kappa shape index (κ1) is 11.7. The normalized spacial score (nSPS) is 18.4. The average molecular weight is 258 g/mol. The number of rotatable bonds is 1. The van der Waals surface area contributed by atoms with E-state index in [4.69, 9.17) is 15.9 Å². The van der Waals surface area contributed by atoms with E-state index in [-0.39, 0.29) is 23.5 Å². The molecule has 6 heteroatoms. The monoisotopic (exact) mass is 258 g/mol. The molecule has 4 N–H and O–H groups in total. The van der Waals surface area contributed by atoms with Gasteiger partial charge in [0.2, 0.25) is 5.95 Å². The predicted molar refractivity (Wildman–Crippen MR) is 69.7 cm³/mol. The molecule has 0 saturated heterocycles. The summed E-state index contributed by atoms with van der Waals surface area (Å²) in [5, 5.41) is 0. The molecule has 0 unspecified atom stereocenters. The van der Waals surface area contributed by atoms with E-state index in [0.29, 0.717) is 24.1 Å². The molecule has 3 rings (SSSR count). The minimum absolute atomic E-state index is 0.0117. The lowest BCUT2D eigenvalue weighted by atomic mass is 9.84. The number of aryl methyl sites for hydroxylation is 1. The zero-order chi connectivity index (χ0) is 13.6. The van der Waals surface area contributed by atoms with Crippen LogP contribution in [0.2, 0.25) is 0 Å². The first-order chi connectivity index (χ1) is 9.04. The highest BCUT2D eigenvalue weighted by Crippen LogP contribution is 2.34. The Bertz CT molecular complexity index is 663. The Balaban J connectivity index is 2.02. The fourth-order valence-electron chi connectivity index (χ4n) is 2.50. The van der Waals surface area contributed by atoms with Gasteiger partial charge in [-0.2, -0.15) is 4.98 Å². The molecule has 1 aliphatic carbocycles. The third kappa shape index (κ3) is 1.95. The minimum Gasteiger partial charge on any atom is -0.466 e. The van der Waals surface area contributed by atoms with E-state index in [2.05, 4.69) is 9.97 Å². The molecular weight excluding hydrogens is 244 g/mol. The highest BCUT2D eigenvalue weighted by Gasteiger charge is 2.31. The highest BCUT2D eigenvalue weighted by molar-refractivity contribution is 6.02. The third-order valence-electron chi connectivity index (χ3n) is 3.34. The van der Waals surface area contributed by atoms with Gasteiger partial charge in [0.05, 0.1) is 11.3 Å². The van der Waals surface area contributed by atoms with Gasteiger partial charge in [0.1, 0.15) is 17.3 Å². The quantitative estimate of drug-likeness (QED) is 0.801. The summed E-state index contributed by atoms with van der Waals surface area (Å²) in [4.78, 5) is 20.1. The summed E-state index contributed by atoms with van der Waals surface area (Å²) in [6, 6.07) is 3.78. The molecule has 2 aromatic heterocycles. The summed E-state index contributed by atoms with van der Waals surface area (Å²) in [6.07, 6.45) is 0.947. The molecule has 0 aliphatic heterocycles. The minimum atomic E-state index is -0.0576. The molecule has 6 nitrogen and oxygen atoms in total. The van der Waals surface area contributed by atoms with Crippen LogP contribution >= 0.6 is 0 Å². The summed E-state index contributed by atoms with van der Waals surface area (Å²) >= 11 is 0. The first-order valence-electron chi connectivity index (χ1n) is 6.06. The number of anilines is 2. The Hall–Kier alpha value is -2.37. The number of carbonyl (C=O) groups excluding carboxylic acids is 1. The molecule has 0 aromatic carbocycles. The lowest BCUT2D eigenvalue weighted by Gasteiger charge is -2.22. The Labute approximate surface area is 109 Å². The van der Waals surface area contributed by atoms with E-state index >= 15 is 0 Å². The van der Waals surface area contributed by atoms with Crippen molar-refractivity contribution in [1.29, 1.82) is 0 Å². The maximum atomic E-state index is 12.2. The van der Waals surface area contributed by atoms with Crippen LogP contribution in [-0.4, -0.2) is 15.8 Å². The van der Waals surface area contributed by atoms with Crippen LogP contribution in [0.4, 0.5) is 11.8 Å². The number of Topliss-reactive ketones (excluding diaryl/α,β-unsaturated/α-hetero) is 1. The number of ketones is 1. The number of nitrogens with zero attached hydrogens (tertiary/aromatic N) is 2. The summed E-state index contributed by atoms with van der Waals surface area (Å²) in [7, 11) is 0. The number of nitrogens with two attached hydrogens (primary N) is 2. The Morgan fingerprint density at radius 1 is 1.26 bits per heavy atom. The molecule has 98 valence electrons. The van der Waals surface area contributed by atoms with Crippen LogP contribution in [0.3, 0.4) is 0 Å². The van der Waals surface area contributed by atoms with Gasteiger partial charge in [-0.15, -0.1) is 0 Å².